The molecule has 0 aromatic heterocycles. The lowest BCUT2D eigenvalue weighted by Gasteiger charge is -2.40. The molecule has 4 nitrogen and oxygen atoms in total. The molecule has 2 N–H and O–H groups in total. The molecule has 0 radical (unpaired) electrons. The van der Waals surface area contributed by atoms with Crippen molar-refractivity contribution >= 4 is 36.4 Å². The van der Waals surface area contributed by atoms with E-state index in [-0.39, 0.29) is 36.8 Å². The molecule has 1 amide bonds. The van der Waals surface area contributed by atoms with Gasteiger partial charge in [0.05, 0.1) is 0 Å². The zero-order chi connectivity index (χ0) is 16.2. The third kappa shape index (κ3) is 5.50. The minimum atomic E-state index is 0. The molecule has 0 spiro atoms. The average Bonchev–Trinajstić information content (AvgIpc) is 2.61. The molecule has 1 aliphatic carbocycles. The van der Waals surface area contributed by atoms with Crippen LogP contribution in [0.15, 0.2) is 30.3 Å². The van der Waals surface area contributed by atoms with Crippen LogP contribution in [0.3, 0.4) is 0 Å². The summed E-state index contributed by atoms with van der Waals surface area (Å²) in [5.74, 6) is 0.441. The molecular formula is C19H31Cl2N3O. The summed E-state index contributed by atoms with van der Waals surface area (Å²) in [4.78, 5) is 17.3. The van der Waals surface area contributed by atoms with Gasteiger partial charge < -0.3 is 15.5 Å². The predicted molar refractivity (Wildman–Crippen MR) is 109 cm³/mol. The fourth-order valence-electron chi connectivity index (χ4n) is 4.06. The Bertz CT molecular complexity index is 529. The number of likely N-dealkylation sites (N-methyl/N-ethyl adjacent to an activating group) is 1. The topological polar surface area (TPSA) is 49.6 Å². The zero-order valence-corrected chi connectivity index (χ0v) is 16.6. The molecule has 1 heterocycles. The monoisotopic (exact) mass is 387 g/mol. The highest BCUT2D eigenvalue weighted by Gasteiger charge is 2.32. The molecule has 1 saturated carbocycles. The van der Waals surface area contributed by atoms with Gasteiger partial charge in [-0.05, 0) is 44.2 Å². The summed E-state index contributed by atoms with van der Waals surface area (Å²) < 4.78 is 0. The maximum absolute atomic E-state index is 12.8. The van der Waals surface area contributed by atoms with Crippen molar-refractivity contribution in [3.63, 3.8) is 0 Å². The molecule has 1 aromatic carbocycles. The van der Waals surface area contributed by atoms with E-state index < -0.39 is 0 Å². The highest BCUT2D eigenvalue weighted by atomic mass is 35.5. The van der Waals surface area contributed by atoms with Gasteiger partial charge >= 0.3 is 0 Å². The van der Waals surface area contributed by atoms with Gasteiger partial charge in [-0.15, -0.1) is 24.8 Å². The summed E-state index contributed by atoms with van der Waals surface area (Å²) in [5, 5.41) is 0. The summed E-state index contributed by atoms with van der Waals surface area (Å²) in [6.07, 6.45) is 6.26. The number of carbonyl (C=O) groups is 1. The van der Waals surface area contributed by atoms with Crippen LogP contribution in [0.5, 0.6) is 0 Å². The standard InChI is InChI=1S/C19H29N3O.2ClH/c1-21(19(23)15-7-5-8-16(20)13-15)18-11-6-12-22(14-18)17-9-3-2-4-10-17;;/h2-4,9-10,15-16,18H,5-8,11-14,20H2,1H3;2*1H. The van der Waals surface area contributed by atoms with Crippen LogP contribution in [0.1, 0.15) is 38.5 Å². The van der Waals surface area contributed by atoms with Crippen molar-refractivity contribution in [1.29, 1.82) is 0 Å². The molecule has 1 aromatic rings. The highest BCUT2D eigenvalue weighted by molar-refractivity contribution is 5.85. The van der Waals surface area contributed by atoms with Crippen molar-refractivity contribution in [2.45, 2.75) is 50.6 Å². The van der Waals surface area contributed by atoms with Crippen LogP contribution < -0.4 is 10.6 Å². The number of anilines is 1. The van der Waals surface area contributed by atoms with Crippen LogP contribution >= 0.6 is 24.8 Å². The molecular weight excluding hydrogens is 357 g/mol. The predicted octanol–water partition coefficient (Wildman–Crippen LogP) is 3.47. The maximum atomic E-state index is 12.8. The van der Waals surface area contributed by atoms with Crippen molar-refractivity contribution in [2.75, 3.05) is 25.0 Å². The summed E-state index contributed by atoms with van der Waals surface area (Å²) in [6, 6.07) is 11.0. The fraction of sp³-hybridized carbons (Fsp3) is 0.632. The minimum absolute atomic E-state index is 0. The van der Waals surface area contributed by atoms with Gasteiger partial charge in [-0.1, -0.05) is 24.6 Å². The number of rotatable bonds is 3. The molecule has 25 heavy (non-hydrogen) atoms. The Morgan fingerprint density at radius 1 is 1.12 bits per heavy atom. The Kier molecular flexibility index (Phi) is 9.04. The second kappa shape index (κ2) is 10.2. The second-order valence-corrected chi connectivity index (χ2v) is 7.15. The van der Waals surface area contributed by atoms with E-state index in [4.69, 9.17) is 5.73 Å². The lowest BCUT2D eigenvalue weighted by atomic mass is 9.85. The van der Waals surface area contributed by atoms with Crippen molar-refractivity contribution < 1.29 is 4.79 Å². The molecule has 6 heteroatoms. The number of amides is 1. The molecule has 2 aliphatic rings. The first-order valence-corrected chi connectivity index (χ1v) is 8.97. The van der Waals surface area contributed by atoms with Crippen LogP contribution in [-0.2, 0) is 4.79 Å². The Morgan fingerprint density at radius 3 is 2.52 bits per heavy atom. The number of hydrogen-bond donors (Lipinski definition) is 1. The average molecular weight is 388 g/mol. The Hall–Kier alpha value is -0.970. The molecule has 1 saturated heterocycles. The molecule has 3 atom stereocenters. The number of nitrogens with two attached hydrogens (primary N) is 1. The van der Waals surface area contributed by atoms with E-state index in [1.54, 1.807) is 0 Å². The Balaban J connectivity index is 0.00000156. The third-order valence-electron chi connectivity index (χ3n) is 5.48. The van der Waals surface area contributed by atoms with E-state index in [1.807, 2.05) is 18.0 Å². The van der Waals surface area contributed by atoms with Gasteiger partial charge in [0, 0.05) is 43.8 Å². The number of halogens is 2. The summed E-state index contributed by atoms with van der Waals surface area (Å²) in [7, 11) is 1.99. The normalized spacial score (nSPS) is 26.2. The fourth-order valence-corrected chi connectivity index (χ4v) is 4.06. The van der Waals surface area contributed by atoms with Gasteiger partial charge in [-0.2, -0.15) is 0 Å². The zero-order valence-electron chi connectivity index (χ0n) is 15.0. The van der Waals surface area contributed by atoms with Gasteiger partial charge in [-0.3, -0.25) is 4.79 Å². The third-order valence-corrected chi connectivity index (χ3v) is 5.48. The first kappa shape index (κ1) is 22.1. The van der Waals surface area contributed by atoms with Crippen molar-refractivity contribution in [1.82, 2.24) is 4.90 Å². The molecule has 1 aliphatic heterocycles. The van der Waals surface area contributed by atoms with E-state index in [9.17, 15) is 4.79 Å². The van der Waals surface area contributed by atoms with Crippen molar-refractivity contribution in [3.8, 4) is 0 Å². The van der Waals surface area contributed by atoms with Crippen LogP contribution in [0.4, 0.5) is 5.69 Å². The summed E-state index contributed by atoms with van der Waals surface area (Å²) in [6.45, 7) is 2.02. The largest absolute Gasteiger partial charge is 0.369 e. The molecule has 3 unspecified atom stereocenters. The number of hydrogen-bond acceptors (Lipinski definition) is 3. The number of carbonyl (C=O) groups excluding carboxylic acids is 1. The Morgan fingerprint density at radius 2 is 1.84 bits per heavy atom. The van der Waals surface area contributed by atoms with Crippen LogP contribution in [0, 0.1) is 5.92 Å². The van der Waals surface area contributed by atoms with E-state index in [0.717, 1.165) is 51.6 Å². The number of nitrogens with zero attached hydrogens (tertiary/aromatic N) is 2. The summed E-state index contributed by atoms with van der Waals surface area (Å²) >= 11 is 0. The first-order valence-electron chi connectivity index (χ1n) is 8.97. The van der Waals surface area contributed by atoms with Crippen LogP contribution in [0.25, 0.3) is 0 Å². The van der Waals surface area contributed by atoms with Gasteiger partial charge in [0.25, 0.3) is 0 Å². The van der Waals surface area contributed by atoms with Crippen LogP contribution in [0.2, 0.25) is 0 Å². The minimum Gasteiger partial charge on any atom is -0.369 e. The summed E-state index contributed by atoms with van der Waals surface area (Å²) in [5.41, 5.74) is 7.32. The van der Waals surface area contributed by atoms with Gasteiger partial charge in [0.1, 0.15) is 0 Å². The quantitative estimate of drug-likeness (QED) is 0.863. The molecule has 2 fully saturated rings. The van der Waals surface area contributed by atoms with Gasteiger partial charge in [0.15, 0.2) is 0 Å². The molecule has 0 bridgehead atoms. The van der Waals surface area contributed by atoms with E-state index >= 15 is 0 Å². The second-order valence-electron chi connectivity index (χ2n) is 7.15. The first-order chi connectivity index (χ1) is 11.1. The van der Waals surface area contributed by atoms with E-state index in [0.29, 0.717) is 11.9 Å². The lowest BCUT2D eigenvalue weighted by Crippen LogP contribution is -2.51. The molecule has 142 valence electrons. The maximum Gasteiger partial charge on any atom is 0.225 e. The Labute approximate surface area is 163 Å². The van der Waals surface area contributed by atoms with Crippen molar-refractivity contribution in [2.24, 2.45) is 11.7 Å². The van der Waals surface area contributed by atoms with Crippen LogP contribution in [-0.4, -0.2) is 43.0 Å². The number of para-hydroxylation sites is 1. The van der Waals surface area contributed by atoms with Gasteiger partial charge in [-0.25, -0.2) is 0 Å². The number of piperidine rings is 1. The molecule has 3 rings (SSSR count). The number of benzene rings is 1. The highest BCUT2D eigenvalue weighted by Crippen LogP contribution is 2.27. The van der Waals surface area contributed by atoms with E-state index in [2.05, 4.69) is 29.2 Å². The smallest absolute Gasteiger partial charge is 0.225 e. The van der Waals surface area contributed by atoms with Gasteiger partial charge in [0.2, 0.25) is 5.91 Å². The van der Waals surface area contributed by atoms with E-state index in [1.165, 1.54) is 5.69 Å². The lowest BCUT2D eigenvalue weighted by molar-refractivity contribution is -0.137. The van der Waals surface area contributed by atoms with Crippen molar-refractivity contribution in [3.05, 3.63) is 30.3 Å². The SMILES string of the molecule is CN(C(=O)C1CCCC(N)C1)C1CCCN(c2ccccc2)C1.Cl.Cl.